The third-order valence-electron chi connectivity index (χ3n) is 1.49. The summed E-state index contributed by atoms with van der Waals surface area (Å²) in [6, 6.07) is 2.65. The number of Topliss-reactive ketones (excluding diaryl/α,β-unsaturated/α-hetero) is 1. The van der Waals surface area contributed by atoms with Crippen LogP contribution in [0.1, 0.15) is 10.4 Å². The Labute approximate surface area is 85.1 Å². The number of ketones is 1. The molecule has 0 bridgehead atoms. The Bertz CT molecular complexity index is 329. The van der Waals surface area contributed by atoms with Gasteiger partial charge in [-0.15, -0.1) is 11.6 Å². The van der Waals surface area contributed by atoms with Gasteiger partial charge < -0.3 is 10.8 Å². The molecular weight excluding hydrogens is 213 g/mol. The fraction of sp³-hybridized carbons (Fsp3) is 0.125. The topological polar surface area (TPSA) is 63.3 Å². The second-order valence-electron chi connectivity index (χ2n) is 2.45. The van der Waals surface area contributed by atoms with Gasteiger partial charge in [0.25, 0.3) is 0 Å². The van der Waals surface area contributed by atoms with Gasteiger partial charge in [-0.2, -0.15) is 0 Å². The largest absolute Gasteiger partial charge is 0.507 e. The maximum absolute atomic E-state index is 11.1. The van der Waals surface area contributed by atoms with E-state index in [1.54, 1.807) is 0 Å². The molecule has 0 amide bonds. The molecule has 0 aliphatic carbocycles. The first-order valence-corrected chi connectivity index (χ1v) is 4.34. The minimum Gasteiger partial charge on any atom is -0.507 e. The number of hydrogen-bond donors (Lipinski definition) is 2. The molecule has 0 unspecified atom stereocenters. The molecule has 0 saturated heterocycles. The smallest absolute Gasteiger partial charge is 0.182 e. The molecular formula is C8H7Cl2NO2. The third-order valence-corrected chi connectivity index (χ3v) is 2.03. The lowest BCUT2D eigenvalue weighted by molar-refractivity contribution is 0.101. The van der Waals surface area contributed by atoms with E-state index in [0.717, 1.165) is 0 Å². The Balaban J connectivity index is 3.28. The van der Waals surface area contributed by atoms with Crippen molar-refractivity contribution in [3.05, 3.63) is 22.7 Å². The van der Waals surface area contributed by atoms with E-state index in [-0.39, 0.29) is 22.2 Å². The molecule has 0 fully saturated rings. The fourth-order valence-corrected chi connectivity index (χ4v) is 1.42. The predicted octanol–water partition coefficient (Wildman–Crippen LogP) is 2.05. The zero-order valence-electron chi connectivity index (χ0n) is 6.55. The molecule has 5 heteroatoms. The van der Waals surface area contributed by atoms with E-state index in [2.05, 4.69) is 0 Å². The number of phenolic OH excluding ortho intramolecular Hbond substituents is 1. The molecule has 0 aromatic heterocycles. The van der Waals surface area contributed by atoms with Crippen LogP contribution in [-0.2, 0) is 0 Å². The van der Waals surface area contributed by atoms with Crippen molar-refractivity contribution in [3.8, 4) is 5.75 Å². The van der Waals surface area contributed by atoms with Crippen LogP contribution in [-0.4, -0.2) is 16.8 Å². The van der Waals surface area contributed by atoms with Gasteiger partial charge in [-0.1, -0.05) is 11.6 Å². The van der Waals surface area contributed by atoms with Gasteiger partial charge in [0.15, 0.2) is 5.78 Å². The maximum Gasteiger partial charge on any atom is 0.182 e. The molecule has 3 nitrogen and oxygen atoms in total. The Morgan fingerprint density at radius 1 is 1.54 bits per heavy atom. The van der Waals surface area contributed by atoms with Crippen molar-refractivity contribution in [1.82, 2.24) is 0 Å². The number of phenols is 1. The Kier molecular flexibility index (Phi) is 3.01. The summed E-state index contributed by atoms with van der Waals surface area (Å²) >= 11 is 11.0. The number of anilines is 1. The van der Waals surface area contributed by atoms with E-state index < -0.39 is 5.78 Å². The summed E-state index contributed by atoms with van der Waals surface area (Å²) in [7, 11) is 0. The molecule has 1 aromatic carbocycles. The zero-order chi connectivity index (χ0) is 10.0. The standard InChI is InChI=1S/C8H7Cl2NO2/c9-3-7(13)8-5(10)1-4(11)2-6(8)12/h1-2,12H,3,11H2. The van der Waals surface area contributed by atoms with E-state index in [1.165, 1.54) is 12.1 Å². The number of alkyl halides is 1. The molecule has 0 aliphatic rings. The van der Waals surface area contributed by atoms with Crippen LogP contribution in [0, 0.1) is 0 Å². The summed E-state index contributed by atoms with van der Waals surface area (Å²) in [5.41, 5.74) is 5.70. The van der Waals surface area contributed by atoms with Gasteiger partial charge >= 0.3 is 0 Å². The average Bonchev–Trinajstić information content (AvgIpc) is 2.02. The quantitative estimate of drug-likeness (QED) is 0.455. The lowest BCUT2D eigenvalue weighted by Crippen LogP contribution is -2.02. The molecule has 0 aliphatic heterocycles. The number of nitrogens with two attached hydrogens (primary N) is 1. The number of benzene rings is 1. The van der Waals surface area contributed by atoms with E-state index in [9.17, 15) is 9.90 Å². The maximum atomic E-state index is 11.1. The summed E-state index contributed by atoms with van der Waals surface area (Å²) in [6.07, 6.45) is 0. The van der Waals surface area contributed by atoms with Crippen molar-refractivity contribution in [2.24, 2.45) is 0 Å². The Hall–Kier alpha value is -0.930. The highest BCUT2D eigenvalue weighted by Crippen LogP contribution is 2.29. The molecule has 1 aromatic rings. The van der Waals surface area contributed by atoms with Gasteiger partial charge in [-0.25, -0.2) is 0 Å². The summed E-state index contributed by atoms with van der Waals surface area (Å²) in [5.74, 6) is -0.892. The third kappa shape index (κ3) is 2.05. The van der Waals surface area contributed by atoms with Crippen LogP contribution in [0.5, 0.6) is 5.75 Å². The van der Waals surface area contributed by atoms with Gasteiger partial charge in [0.05, 0.1) is 16.5 Å². The van der Waals surface area contributed by atoms with Crippen molar-refractivity contribution in [2.45, 2.75) is 0 Å². The van der Waals surface area contributed by atoms with Crippen LogP contribution in [0.3, 0.4) is 0 Å². The van der Waals surface area contributed by atoms with E-state index in [0.29, 0.717) is 5.69 Å². The normalized spacial score (nSPS) is 10.0. The number of rotatable bonds is 2. The summed E-state index contributed by atoms with van der Waals surface area (Å²) < 4.78 is 0. The molecule has 0 saturated carbocycles. The highest BCUT2D eigenvalue weighted by Gasteiger charge is 2.14. The van der Waals surface area contributed by atoms with Crippen LogP contribution >= 0.6 is 23.2 Å². The van der Waals surface area contributed by atoms with Gasteiger partial charge in [0.2, 0.25) is 0 Å². The van der Waals surface area contributed by atoms with Crippen LogP contribution in [0.25, 0.3) is 0 Å². The second-order valence-corrected chi connectivity index (χ2v) is 3.13. The summed E-state index contributed by atoms with van der Waals surface area (Å²) in [4.78, 5) is 11.1. The first kappa shape index (κ1) is 10.2. The Morgan fingerprint density at radius 2 is 2.15 bits per heavy atom. The molecule has 0 radical (unpaired) electrons. The number of carbonyl (C=O) groups excluding carboxylic acids is 1. The highest BCUT2D eigenvalue weighted by molar-refractivity contribution is 6.38. The molecule has 1 rings (SSSR count). The van der Waals surface area contributed by atoms with Crippen LogP contribution in [0.4, 0.5) is 5.69 Å². The monoisotopic (exact) mass is 219 g/mol. The van der Waals surface area contributed by atoms with Crippen LogP contribution < -0.4 is 5.73 Å². The van der Waals surface area contributed by atoms with Crippen molar-refractivity contribution in [1.29, 1.82) is 0 Å². The number of halogens is 2. The van der Waals surface area contributed by atoms with Gasteiger partial charge in [0, 0.05) is 11.8 Å². The minimum absolute atomic E-state index is 0.0193. The summed E-state index contributed by atoms with van der Waals surface area (Å²) in [5, 5.41) is 9.44. The number of carbonyl (C=O) groups is 1. The number of nitrogen functional groups attached to an aromatic ring is 1. The van der Waals surface area contributed by atoms with Crippen molar-refractivity contribution >= 4 is 34.7 Å². The van der Waals surface area contributed by atoms with Crippen LogP contribution in [0.2, 0.25) is 5.02 Å². The van der Waals surface area contributed by atoms with E-state index >= 15 is 0 Å². The minimum atomic E-state index is -0.427. The van der Waals surface area contributed by atoms with Crippen molar-refractivity contribution in [3.63, 3.8) is 0 Å². The van der Waals surface area contributed by atoms with E-state index in [4.69, 9.17) is 28.9 Å². The first-order chi connectivity index (χ1) is 6.06. The van der Waals surface area contributed by atoms with Gasteiger partial charge in [-0.05, 0) is 6.07 Å². The number of aromatic hydroxyl groups is 1. The van der Waals surface area contributed by atoms with Crippen molar-refractivity contribution in [2.75, 3.05) is 11.6 Å². The lowest BCUT2D eigenvalue weighted by Gasteiger charge is -2.05. The van der Waals surface area contributed by atoms with Gasteiger partial charge in [-0.3, -0.25) is 4.79 Å². The average molecular weight is 220 g/mol. The number of hydrogen-bond acceptors (Lipinski definition) is 3. The van der Waals surface area contributed by atoms with Crippen molar-refractivity contribution < 1.29 is 9.90 Å². The first-order valence-electron chi connectivity index (χ1n) is 3.43. The fourth-order valence-electron chi connectivity index (χ4n) is 0.955. The highest BCUT2D eigenvalue weighted by atomic mass is 35.5. The van der Waals surface area contributed by atoms with Crippen LogP contribution in [0.15, 0.2) is 12.1 Å². The molecule has 0 heterocycles. The van der Waals surface area contributed by atoms with Gasteiger partial charge in [0.1, 0.15) is 5.75 Å². The molecule has 0 spiro atoms. The van der Waals surface area contributed by atoms with E-state index in [1.807, 2.05) is 0 Å². The lowest BCUT2D eigenvalue weighted by atomic mass is 10.1. The molecule has 13 heavy (non-hydrogen) atoms. The zero-order valence-corrected chi connectivity index (χ0v) is 8.06. The Morgan fingerprint density at radius 3 is 2.62 bits per heavy atom. The predicted molar refractivity (Wildman–Crippen MR) is 52.6 cm³/mol. The summed E-state index contributed by atoms with van der Waals surface area (Å²) in [6.45, 7) is 0. The molecule has 3 N–H and O–H groups in total. The molecule has 0 atom stereocenters. The molecule has 70 valence electrons. The second kappa shape index (κ2) is 3.85. The SMILES string of the molecule is Nc1cc(O)c(C(=O)CCl)c(Cl)c1.